The lowest BCUT2D eigenvalue weighted by Gasteiger charge is -2.01. The van der Waals surface area contributed by atoms with Gasteiger partial charge < -0.3 is 5.11 Å². The Morgan fingerprint density at radius 1 is 1.48 bits per heavy atom. The van der Waals surface area contributed by atoms with E-state index in [1.54, 1.807) is 16.9 Å². The molecule has 2 heterocycles. The van der Waals surface area contributed by atoms with Gasteiger partial charge in [-0.25, -0.2) is 0 Å². The molecule has 0 bridgehead atoms. The number of fused-ring (bicyclic) bond motifs is 1. The number of benzene rings is 1. The minimum absolute atomic E-state index is 0.175. The van der Waals surface area contributed by atoms with Gasteiger partial charge in [-0.1, -0.05) is 22.0 Å². The molecule has 0 fully saturated rings. The topological polar surface area (TPSA) is 37.5 Å². The van der Waals surface area contributed by atoms with Crippen LogP contribution in [0.5, 0.6) is 5.88 Å². The summed E-state index contributed by atoms with van der Waals surface area (Å²) in [5.41, 5.74) is 2.93. The van der Waals surface area contributed by atoms with Crippen LogP contribution in [0.2, 0.25) is 0 Å². The number of aromatic nitrogens is 1. The number of hydrogen-bond acceptors (Lipinski definition) is 4. The highest BCUT2D eigenvalue weighted by atomic mass is 79.9. The highest BCUT2D eigenvalue weighted by Crippen LogP contribution is 2.37. The molecule has 1 aliphatic rings. The standard InChI is InChI=1S/C15H11BrN2OS2/c1-2-5-18-14(19)13(21-15(18)20)6-9-8-17-12-4-3-10(16)7-11(9)12/h2-4,6-8,19H,1,5H2/b9-6-. The molecule has 21 heavy (non-hydrogen) atoms. The summed E-state index contributed by atoms with van der Waals surface area (Å²) in [6, 6.07) is 5.94. The average Bonchev–Trinajstić information content (AvgIpc) is 2.96. The van der Waals surface area contributed by atoms with Crippen molar-refractivity contribution < 1.29 is 5.11 Å². The van der Waals surface area contributed by atoms with Gasteiger partial charge in [0.25, 0.3) is 0 Å². The third-order valence-electron chi connectivity index (χ3n) is 3.10. The Bertz CT molecular complexity index is 846. The third kappa shape index (κ3) is 2.66. The number of halogens is 1. The number of aliphatic imine (C=N–C) groups is 1. The van der Waals surface area contributed by atoms with Crippen LogP contribution in [-0.2, 0) is 6.54 Å². The first kappa shape index (κ1) is 14.4. The van der Waals surface area contributed by atoms with Crippen molar-refractivity contribution in [3.63, 3.8) is 0 Å². The molecule has 0 aliphatic carbocycles. The van der Waals surface area contributed by atoms with Crippen LogP contribution in [0.3, 0.4) is 0 Å². The highest BCUT2D eigenvalue weighted by Gasteiger charge is 2.15. The van der Waals surface area contributed by atoms with Gasteiger partial charge in [0.15, 0.2) is 3.95 Å². The zero-order valence-corrected chi connectivity index (χ0v) is 14.1. The van der Waals surface area contributed by atoms with Gasteiger partial charge in [-0.3, -0.25) is 9.56 Å². The first-order chi connectivity index (χ1) is 10.1. The molecule has 1 aromatic heterocycles. The lowest BCUT2D eigenvalue weighted by molar-refractivity contribution is 0.424. The Morgan fingerprint density at radius 2 is 2.29 bits per heavy atom. The van der Waals surface area contributed by atoms with E-state index in [0.29, 0.717) is 10.5 Å². The Morgan fingerprint density at radius 3 is 3.05 bits per heavy atom. The van der Waals surface area contributed by atoms with Gasteiger partial charge in [0.05, 0.1) is 10.6 Å². The molecule has 1 aliphatic heterocycles. The first-order valence-electron chi connectivity index (χ1n) is 6.19. The molecule has 0 saturated heterocycles. The van der Waals surface area contributed by atoms with Crippen molar-refractivity contribution in [3.05, 3.63) is 49.7 Å². The van der Waals surface area contributed by atoms with Crippen LogP contribution >= 0.6 is 39.5 Å². The van der Waals surface area contributed by atoms with E-state index in [9.17, 15) is 5.11 Å². The van der Waals surface area contributed by atoms with Crippen LogP contribution < -0.4 is 0 Å². The van der Waals surface area contributed by atoms with E-state index in [4.69, 9.17) is 12.2 Å². The van der Waals surface area contributed by atoms with Crippen molar-refractivity contribution in [2.45, 2.75) is 6.54 Å². The maximum absolute atomic E-state index is 10.3. The molecule has 0 spiro atoms. The van der Waals surface area contributed by atoms with Crippen LogP contribution in [0, 0.1) is 3.95 Å². The predicted octanol–water partition coefficient (Wildman–Crippen LogP) is 5.19. The highest BCUT2D eigenvalue weighted by molar-refractivity contribution is 9.10. The van der Waals surface area contributed by atoms with E-state index >= 15 is 0 Å². The Kier molecular flexibility index (Phi) is 3.93. The number of nitrogens with zero attached hydrogens (tertiary/aromatic N) is 2. The first-order valence-corrected chi connectivity index (χ1v) is 8.21. The summed E-state index contributed by atoms with van der Waals surface area (Å²) >= 11 is 10.1. The molecule has 0 saturated carbocycles. The summed E-state index contributed by atoms with van der Waals surface area (Å²) < 4.78 is 3.29. The van der Waals surface area contributed by atoms with Crippen LogP contribution in [0.25, 0.3) is 11.6 Å². The smallest absolute Gasteiger partial charge is 0.210 e. The van der Waals surface area contributed by atoms with E-state index in [2.05, 4.69) is 27.5 Å². The van der Waals surface area contributed by atoms with E-state index in [-0.39, 0.29) is 5.88 Å². The third-order valence-corrected chi connectivity index (χ3v) is 4.98. The monoisotopic (exact) mass is 378 g/mol. The fourth-order valence-corrected chi connectivity index (χ4v) is 3.75. The average molecular weight is 379 g/mol. The molecule has 1 aromatic carbocycles. The van der Waals surface area contributed by atoms with E-state index < -0.39 is 0 Å². The molecule has 3 rings (SSSR count). The molecule has 0 unspecified atom stereocenters. The van der Waals surface area contributed by atoms with Gasteiger partial charge in [0.2, 0.25) is 5.88 Å². The quantitative estimate of drug-likeness (QED) is 0.589. The predicted molar refractivity (Wildman–Crippen MR) is 95.2 cm³/mol. The molecule has 106 valence electrons. The Labute approximate surface area is 139 Å². The maximum atomic E-state index is 10.3. The fourth-order valence-electron chi connectivity index (χ4n) is 2.12. The number of hydrogen-bond donors (Lipinski definition) is 1. The van der Waals surface area contributed by atoms with Crippen LogP contribution in [0.15, 0.2) is 40.3 Å². The largest absolute Gasteiger partial charge is 0.493 e. The number of allylic oxidation sites excluding steroid dienone is 2. The van der Waals surface area contributed by atoms with Gasteiger partial charge in [-0.05, 0) is 36.5 Å². The van der Waals surface area contributed by atoms with Gasteiger partial charge in [-0.2, -0.15) is 0 Å². The van der Waals surface area contributed by atoms with E-state index in [1.165, 1.54) is 11.3 Å². The number of aromatic hydroxyl groups is 1. The van der Waals surface area contributed by atoms with Crippen LogP contribution in [-0.4, -0.2) is 15.9 Å². The molecular weight excluding hydrogens is 368 g/mol. The molecule has 3 nitrogen and oxygen atoms in total. The maximum Gasteiger partial charge on any atom is 0.210 e. The zero-order valence-electron chi connectivity index (χ0n) is 10.9. The molecule has 6 heteroatoms. The van der Waals surface area contributed by atoms with Crippen molar-refractivity contribution >= 4 is 63.0 Å². The summed E-state index contributed by atoms with van der Waals surface area (Å²) in [7, 11) is 0. The van der Waals surface area contributed by atoms with Gasteiger partial charge in [0, 0.05) is 28.4 Å². The minimum Gasteiger partial charge on any atom is -0.493 e. The van der Waals surface area contributed by atoms with E-state index in [0.717, 1.165) is 26.2 Å². The van der Waals surface area contributed by atoms with Gasteiger partial charge in [0.1, 0.15) is 0 Å². The van der Waals surface area contributed by atoms with Crippen molar-refractivity contribution in [3.8, 4) is 5.88 Å². The van der Waals surface area contributed by atoms with Crippen molar-refractivity contribution in [1.29, 1.82) is 0 Å². The summed E-state index contributed by atoms with van der Waals surface area (Å²) in [6.07, 6.45) is 5.43. The van der Waals surface area contributed by atoms with Gasteiger partial charge in [-0.15, -0.1) is 17.9 Å². The second-order valence-corrected chi connectivity index (χ2v) is 7.07. The van der Waals surface area contributed by atoms with Gasteiger partial charge >= 0.3 is 0 Å². The van der Waals surface area contributed by atoms with Crippen molar-refractivity contribution in [1.82, 2.24) is 4.57 Å². The lowest BCUT2D eigenvalue weighted by Crippen LogP contribution is -1.93. The molecule has 1 N–H and O–H groups in total. The second-order valence-electron chi connectivity index (χ2n) is 4.47. The fraction of sp³-hybridized carbons (Fsp3) is 0.0667. The van der Waals surface area contributed by atoms with Crippen molar-refractivity contribution in [2.75, 3.05) is 0 Å². The Hall–Kier alpha value is -1.50. The molecular formula is C15H11BrN2OS2. The molecule has 0 amide bonds. The summed E-state index contributed by atoms with van der Waals surface area (Å²) in [6.45, 7) is 4.18. The minimum atomic E-state index is 0.175. The number of rotatable bonds is 3. The lowest BCUT2D eigenvalue weighted by atomic mass is 10.1. The van der Waals surface area contributed by atoms with E-state index in [1.807, 2.05) is 24.3 Å². The van der Waals surface area contributed by atoms with Crippen LogP contribution in [0.1, 0.15) is 10.4 Å². The second kappa shape index (κ2) is 5.71. The summed E-state index contributed by atoms with van der Waals surface area (Å²) in [5, 5.41) is 10.3. The molecule has 2 aromatic rings. The summed E-state index contributed by atoms with van der Waals surface area (Å²) in [4.78, 5) is 5.11. The molecule has 0 radical (unpaired) electrons. The zero-order chi connectivity index (χ0) is 15.0. The van der Waals surface area contributed by atoms with Crippen LogP contribution in [0.4, 0.5) is 5.69 Å². The van der Waals surface area contributed by atoms with Crippen molar-refractivity contribution in [2.24, 2.45) is 4.99 Å². The SMILES string of the molecule is C=CCn1c(O)c(/C=C2/C=Nc3ccc(Br)cc32)sc1=S. The number of thiazole rings is 1. The Balaban J connectivity index is 2.08. The molecule has 0 atom stereocenters. The summed E-state index contributed by atoms with van der Waals surface area (Å²) in [5.74, 6) is 0.175. The normalized spacial score (nSPS) is 14.6.